The fourth-order valence-electron chi connectivity index (χ4n) is 1.79. The third kappa shape index (κ3) is 7.75. The molecule has 1 aromatic carbocycles. The number of thiocarbonyl (C=S) groups is 1. The fourth-order valence-corrected chi connectivity index (χ4v) is 1.94. The van der Waals surface area contributed by atoms with E-state index in [2.05, 4.69) is 21.5 Å². The van der Waals surface area contributed by atoms with Gasteiger partial charge in [0.25, 0.3) is 0 Å². The van der Waals surface area contributed by atoms with Crippen LogP contribution in [0.1, 0.15) is 37.8 Å². The van der Waals surface area contributed by atoms with Crippen LogP contribution < -0.4 is 21.5 Å². The van der Waals surface area contributed by atoms with Crippen molar-refractivity contribution in [3.8, 4) is 0 Å². The first-order chi connectivity index (χ1) is 11.7. The molecule has 0 atom stereocenters. The third-order valence-corrected chi connectivity index (χ3v) is 3.53. The average molecular weight is 364 g/mol. The fraction of sp³-hybridized carbons (Fsp3) is 0.412. The van der Waals surface area contributed by atoms with Crippen molar-refractivity contribution >= 4 is 40.7 Å². The number of hydrogen-bond acceptors (Lipinski definition) is 4. The first-order valence-corrected chi connectivity index (χ1v) is 8.36. The van der Waals surface area contributed by atoms with Gasteiger partial charge in [-0.3, -0.25) is 25.2 Å². The Hall–Kier alpha value is -2.48. The molecule has 0 fully saturated rings. The van der Waals surface area contributed by atoms with Gasteiger partial charge in [0.15, 0.2) is 5.11 Å². The smallest absolute Gasteiger partial charge is 0.238 e. The number of benzene rings is 1. The van der Waals surface area contributed by atoms with Crippen LogP contribution in [-0.4, -0.2) is 22.8 Å². The second kappa shape index (κ2) is 9.73. The van der Waals surface area contributed by atoms with Gasteiger partial charge in [0.05, 0.1) is 0 Å². The largest absolute Gasteiger partial charge is 0.326 e. The van der Waals surface area contributed by atoms with Gasteiger partial charge < -0.3 is 10.6 Å². The molecule has 136 valence electrons. The highest BCUT2D eigenvalue weighted by Gasteiger charge is 2.11. The van der Waals surface area contributed by atoms with Crippen LogP contribution >= 0.6 is 12.2 Å². The Morgan fingerprint density at radius 1 is 1.04 bits per heavy atom. The van der Waals surface area contributed by atoms with E-state index in [-0.39, 0.29) is 35.7 Å². The molecule has 0 radical (unpaired) electrons. The van der Waals surface area contributed by atoms with Gasteiger partial charge in [-0.1, -0.05) is 26.0 Å². The molecule has 0 aliphatic rings. The minimum absolute atomic E-state index is 0.00638. The molecule has 0 bridgehead atoms. The maximum absolute atomic E-state index is 11.9. The Morgan fingerprint density at radius 3 is 2.32 bits per heavy atom. The van der Waals surface area contributed by atoms with E-state index in [1.165, 1.54) is 0 Å². The van der Waals surface area contributed by atoms with Crippen molar-refractivity contribution in [1.29, 1.82) is 0 Å². The van der Waals surface area contributed by atoms with Crippen LogP contribution in [0.3, 0.4) is 0 Å². The number of carbonyl (C=O) groups excluding carboxylic acids is 3. The number of rotatable bonds is 5. The summed E-state index contributed by atoms with van der Waals surface area (Å²) >= 11 is 4.88. The Kier molecular flexibility index (Phi) is 8.00. The van der Waals surface area contributed by atoms with Crippen LogP contribution in [0.2, 0.25) is 0 Å². The van der Waals surface area contributed by atoms with Gasteiger partial charge in [0.2, 0.25) is 17.7 Å². The lowest BCUT2D eigenvalue weighted by atomic mass is 10.1. The van der Waals surface area contributed by atoms with Gasteiger partial charge in [-0.2, -0.15) is 0 Å². The molecule has 0 unspecified atom stereocenters. The van der Waals surface area contributed by atoms with Gasteiger partial charge >= 0.3 is 0 Å². The summed E-state index contributed by atoms with van der Waals surface area (Å²) in [7, 11) is 0. The lowest BCUT2D eigenvalue weighted by molar-refractivity contribution is -0.125. The minimum Gasteiger partial charge on any atom is -0.326 e. The van der Waals surface area contributed by atoms with Crippen molar-refractivity contribution < 1.29 is 14.4 Å². The molecule has 25 heavy (non-hydrogen) atoms. The number of nitrogens with one attached hydrogen (secondary N) is 4. The number of carbonyl (C=O) groups is 3. The van der Waals surface area contributed by atoms with E-state index in [0.29, 0.717) is 0 Å². The van der Waals surface area contributed by atoms with E-state index >= 15 is 0 Å². The lowest BCUT2D eigenvalue weighted by Gasteiger charge is -2.12. The maximum Gasteiger partial charge on any atom is 0.238 e. The van der Waals surface area contributed by atoms with Crippen molar-refractivity contribution in [1.82, 2.24) is 16.2 Å². The number of amides is 3. The molecule has 4 N–H and O–H groups in total. The molecular formula is C17H24N4O3S. The monoisotopic (exact) mass is 364 g/mol. The van der Waals surface area contributed by atoms with Gasteiger partial charge in [0.1, 0.15) is 0 Å². The van der Waals surface area contributed by atoms with E-state index in [1.807, 2.05) is 32.0 Å². The molecule has 1 rings (SSSR count). The Balaban J connectivity index is 2.34. The van der Waals surface area contributed by atoms with Crippen molar-refractivity contribution in [3.05, 3.63) is 29.3 Å². The Bertz CT molecular complexity index is 674. The molecule has 0 spiro atoms. The molecule has 1 aromatic rings. The van der Waals surface area contributed by atoms with Gasteiger partial charge in [-0.05, 0) is 43.3 Å². The van der Waals surface area contributed by atoms with Crippen LogP contribution in [0.4, 0.5) is 5.69 Å². The van der Waals surface area contributed by atoms with E-state index in [0.717, 1.165) is 16.8 Å². The van der Waals surface area contributed by atoms with Crippen molar-refractivity contribution in [2.24, 2.45) is 5.92 Å². The minimum atomic E-state index is -0.405. The molecule has 0 saturated carbocycles. The number of anilines is 1. The predicted octanol–water partition coefficient (Wildman–Crippen LogP) is 1.70. The van der Waals surface area contributed by atoms with E-state index in [9.17, 15) is 14.4 Å². The molecule has 3 amide bonds. The standard InChI is InChI=1S/C17H24N4O3S/c1-10(2)16(24)19-17(25)21-20-15(23)8-7-14(22)18-13-9-11(3)5-6-12(13)4/h5-6,9-10H,7-8H2,1-4H3,(H,18,22)(H,20,23)(H2,19,21,24,25). The summed E-state index contributed by atoms with van der Waals surface area (Å²) in [5.41, 5.74) is 7.50. The lowest BCUT2D eigenvalue weighted by Crippen LogP contribution is -2.49. The van der Waals surface area contributed by atoms with Gasteiger partial charge in [-0.15, -0.1) is 0 Å². The summed E-state index contributed by atoms with van der Waals surface area (Å²) in [6.07, 6.45) is 0.0243. The number of aryl methyl sites for hydroxylation is 2. The van der Waals surface area contributed by atoms with E-state index < -0.39 is 5.91 Å². The third-order valence-electron chi connectivity index (χ3n) is 3.32. The normalized spacial score (nSPS) is 10.1. The molecule has 8 heteroatoms. The highest BCUT2D eigenvalue weighted by molar-refractivity contribution is 7.80. The van der Waals surface area contributed by atoms with Crippen LogP contribution in [0.25, 0.3) is 0 Å². The highest BCUT2D eigenvalue weighted by atomic mass is 32.1. The van der Waals surface area contributed by atoms with Gasteiger partial charge in [0, 0.05) is 24.4 Å². The maximum atomic E-state index is 11.9. The van der Waals surface area contributed by atoms with Crippen molar-refractivity contribution in [3.63, 3.8) is 0 Å². The first-order valence-electron chi connectivity index (χ1n) is 7.96. The van der Waals surface area contributed by atoms with Crippen LogP contribution in [0.15, 0.2) is 18.2 Å². The summed E-state index contributed by atoms with van der Waals surface area (Å²) in [5, 5.41) is 5.23. The summed E-state index contributed by atoms with van der Waals surface area (Å²) < 4.78 is 0. The molecule has 0 aliphatic heterocycles. The number of hydrogen-bond donors (Lipinski definition) is 4. The van der Waals surface area contributed by atoms with E-state index in [1.54, 1.807) is 13.8 Å². The highest BCUT2D eigenvalue weighted by Crippen LogP contribution is 2.16. The quantitative estimate of drug-likeness (QED) is 0.471. The zero-order valence-electron chi connectivity index (χ0n) is 14.9. The molecule has 7 nitrogen and oxygen atoms in total. The molecule has 0 heterocycles. The summed E-state index contributed by atoms with van der Waals surface area (Å²) in [6, 6.07) is 5.77. The van der Waals surface area contributed by atoms with Crippen LogP contribution in [0, 0.1) is 19.8 Å². The second-order valence-electron chi connectivity index (χ2n) is 6.01. The summed E-state index contributed by atoms with van der Waals surface area (Å²) in [6.45, 7) is 7.30. The molecule has 0 saturated heterocycles. The zero-order chi connectivity index (χ0) is 19.0. The number of hydrazine groups is 1. The first kappa shape index (κ1) is 20.6. The molecule has 0 aromatic heterocycles. The second-order valence-corrected chi connectivity index (χ2v) is 6.42. The topological polar surface area (TPSA) is 99.3 Å². The van der Waals surface area contributed by atoms with Crippen molar-refractivity contribution in [2.45, 2.75) is 40.5 Å². The molecular weight excluding hydrogens is 340 g/mol. The SMILES string of the molecule is Cc1ccc(C)c(NC(=O)CCC(=O)NNC(=S)NC(=O)C(C)C)c1. The summed E-state index contributed by atoms with van der Waals surface area (Å²) in [5.74, 6) is -1.12. The van der Waals surface area contributed by atoms with Crippen LogP contribution in [0.5, 0.6) is 0 Å². The predicted molar refractivity (Wildman–Crippen MR) is 101 cm³/mol. The molecule has 0 aliphatic carbocycles. The van der Waals surface area contributed by atoms with E-state index in [4.69, 9.17) is 12.2 Å². The Morgan fingerprint density at radius 2 is 1.68 bits per heavy atom. The van der Waals surface area contributed by atoms with Crippen LogP contribution in [-0.2, 0) is 14.4 Å². The average Bonchev–Trinajstić information content (AvgIpc) is 2.54. The summed E-state index contributed by atoms with van der Waals surface area (Å²) in [4.78, 5) is 35.1. The van der Waals surface area contributed by atoms with Crippen molar-refractivity contribution in [2.75, 3.05) is 5.32 Å². The van der Waals surface area contributed by atoms with Gasteiger partial charge in [-0.25, -0.2) is 0 Å². The zero-order valence-corrected chi connectivity index (χ0v) is 15.7. The Labute approximate surface area is 152 Å².